The third kappa shape index (κ3) is 2.48. The van der Waals surface area contributed by atoms with E-state index in [4.69, 9.17) is 4.74 Å². The molecule has 0 aliphatic heterocycles. The fourth-order valence-electron chi connectivity index (χ4n) is 2.55. The van der Waals surface area contributed by atoms with Gasteiger partial charge in [0.25, 0.3) is 0 Å². The molecule has 0 amide bonds. The zero-order valence-corrected chi connectivity index (χ0v) is 12.3. The van der Waals surface area contributed by atoms with E-state index in [1.165, 1.54) is 0 Å². The predicted octanol–water partition coefficient (Wildman–Crippen LogP) is 2.78. The maximum absolute atomic E-state index is 11.1. The lowest BCUT2D eigenvalue weighted by atomic mass is 10.1. The maximum atomic E-state index is 11.1. The normalized spacial score (nSPS) is 26.2. The van der Waals surface area contributed by atoms with Crippen LogP contribution in [0.5, 0.6) is 0 Å². The van der Waals surface area contributed by atoms with Gasteiger partial charge in [0.1, 0.15) is 12.0 Å². The molecule has 0 heterocycles. The molecule has 1 aromatic carbocycles. The third-order valence-electron chi connectivity index (χ3n) is 4.15. The SMILES string of the molecule is C=CCN(C)C1(C)C(=C=O)C1OC(C)c1ccccc1. The minimum atomic E-state index is -0.362. The van der Waals surface area contributed by atoms with Crippen molar-refractivity contribution in [1.29, 1.82) is 0 Å². The molecule has 0 spiro atoms. The first-order valence-electron chi connectivity index (χ1n) is 6.83. The largest absolute Gasteiger partial charge is 0.363 e. The van der Waals surface area contributed by atoms with E-state index in [-0.39, 0.29) is 17.7 Å². The summed E-state index contributed by atoms with van der Waals surface area (Å²) in [4.78, 5) is 13.2. The second kappa shape index (κ2) is 5.76. The summed E-state index contributed by atoms with van der Waals surface area (Å²) in [5, 5.41) is 0. The summed E-state index contributed by atoms with van der Waals surface area (Å²) in [5.41, 5.74) is 1.43. The Kier molecular flexibility index (Phi) is 4.24. The molecule has 20 heavy (non-hydrogen) atoms. The van der Waals surface area contributed by atoms with Crippen LogP contribution in [0.4, 0.5) is 0 Å². The highest BCUT2D eigenvalue weighted by Crippen LogP contribution is 2.49. The minimum Gasteiger partial charge on any atom is -0.363 e. The van der Waals surface area contributed by atoms with Crippen LogP contribution in [-0.2, 0) is 9.53 Å². The monoisotopic (exact) mass is 271 g/mol. The van der Waals surface area contributed by atoms with Crippen LogP contribution in [0.2, 0.25) is 0 Å². The number of rotatable bonds is 6. The van der Waals surface area contributed by atoms with Crippen LogP contribution in [0, 0.1) is 0 Å². The van der Waals surface area contributed by atoms with Crippen molar-refractivity contribution in [2.45, 2.75) is 31.6 Å². The van der Waals surface area contributed by atoms with Crippen molar-refractivity contribution in [2.75, 3.05) is 13.6 Å². The number of nitrogens with zero attached hydrogens (tertiary/aromatic N) is 1. The Balaban J connectivity index is 2.10. The topological polar surface area (TPSA) is 29.5 Å². The Morgan fingerprint density at radius 1 is 1.50 bits per heavy atom. The molecule has 0 saturated heterocycles. The van der Waals surface area contributed by atoms with Crippen molar-refractivity contribution in [2.24, 2.45) is 0 Å². The second-order valence-corrected chi connectivity index (χ2v) is 5.40. The van der Waals surface area contributed by atoms with Crippen molar-refractivity contribution < 1.29 is 9.53 Å². The van der Waals surface area contributed by atoms with E-state index in [2.05, 4.69) is 11.5 Å². The Labute approximate surface area is 120 Å². The highest BCUT2D eigenvalue weighted by atomic mass is 16.5. The predicted molar refractivity (Wildman–Crippen MR) is 80.2 cm³/mol. The van der Waals surface area contributed by atoms with E-state index in [1.54, 1.807) is 0 Å². The number of hydrogen-bond donors (Lipinski definition) is 0. The van der Waals surface area contributed by atoms with E-state index >= 15 is 0 Å². The number of likely N-dealkylation sites (N-methyl/N-ethyl adjacent to an activating group) is 1. The maximum Gasteiger partial charge on any atom is 0.128 e. The number of hydrogen-bond acceptors (Lipinski definition) is 3. The van der Waals surface area contributed by atoms with Gasteiger partial charge in [0.15, 0.2) is 0 Å². The summed E-state index contributed by atoms with van der Waals surface area (Å²) in [5.74, 6) is 2.04. The molecule has 1 aliphatic rings. The molecular formula is C17H21NO2. The van der Waals surface area contributed by atoms with E-state index in [0.717, 1.165) is 5.56 Å². The van der Waals surface area contributed by atoms with Crippen molar-refractivity contribution in [3.8, 4) is 0 Å². The van der Waals surface area contributed by atoms with E-state index in [0.29, 0.717) is 12.1 Å². The highest BCUT2D eigenvalue weighted by molar-refractivity contribution is 5.70. The number of benzene rings is 1. The van der Waals surface area contributed by atoms with Gasteiger partial charge >= 0.3 is 0 Å². The molecule has 0 radical (unpaired) electrons. The smallest absolute Gasteiger partial charge is 0.128 e. The van der Waals surface area contributed by atoms with E-state index in [1.807, 2.05) is 63.2 Å². The Morgan fingerprint density at radius 2 is 2.15 bits per heavy atom. The second-order valence-electron chi connectivity index (χ2n) is 5.40. The van der Waals surface area contributed by atoms with Gasteiger partial charge < -0.3 is 4.74 Å². The Morgan fingerprint density at radius 3 is 2.70 bits per heavy atom. The van der Waals surface area contributed by atoms with Crippen LogP contribution in [0.25, 0.3) is 0 Å². The van der Waals surface area contributed by atoms with Crippen LogP contribution in [0.1, 0.15) is 25.5 Å². The summed E-state index contributed by atoms with van der Waals surface area (Å²) in [7, 11) is 1.97. The molecular weight excluding hydrogens is 250 g/mol. The Hall–Kier alpha value is -1.67. The van der Waals surface area contributed by atoms with Gasteiger partial charge in [-0.2, -0.15) is 0 Å². The van der Waals surface area contributed by atoms with Gasteiger partial charge in [-0.1, -0.05) is 36.4 Å². The lowest BCUT2D eigenvalue weighted by Gasteiger charge is -2.24. The van der Waals surface area contributed by atoms with Crippen molar-refractivity contribution in [3.05, 3.63) is 54.1 Å². The quantitative estimate of drug-likeness (QED) is 0.588. The first kappa shape index (κ1) is 14.7. The van der Waals surface area contributed by atoms with Crippen LogP contribution in [-0.4, -0.2) is 36.1 Å². The molecule has 1 saturated carbocycles. The lowest BCUT2D eigenvalue weighted by Crippen LogP contribution is -2.35. The van der Waals surface area contributed by atoms with Gasteiger partial charge in [-0.3, -0.25) is 4.90 Å². The zero-order valence-electron chi connectivity index (χ0n) is 12.3. The average molecular weight is 271 g/mol. The van der Waals surface area contributed by atoms with Gasteiger partial charge in [0, 0.05) is 6.54 Å². The molecule has 3 unspecified atom stereocenters. The first-order valence-corrected chi connectivity index (χ1v) is 6.83. The molecule has 3 heteroatoms. The van der Waals surface area contributed by atoms with Crippen molar-refractivity contribution >= 4 is 5.94 Å². The van der Waals surface area contributed by atoms with Gasteiger partial charge in [-0.05, 0) is 26.5 Å². The molecule has 1 aromatic rings. The van der Waals surface area contributed by atoms with Crippen LogP contribution < -0.4 is 0 Å². The van der Waals surface area contributed by atoms with Crippen molar-refractivity contribution in [1.82, 2.24) is 4.90 Å². The average Bonchev–Trinajstić information content (AvgIpc) is 3.05. The van der Waals surface area contributed by atoms with Crippen LogP contribution in [0.3, 0.4) is 0 Å². The summed E-state index contributed by atoms with van der Waals surface area (Å²) in [6.07, 6.45) is 1.58. The van der Waals surface area contributed by atoms with E-state index in [9.17, 15) is 4.79 Å². The lowest BCUT2D eigenvalue weighted by molar-refractivity contribution is 0.0234. The third-order valence-corrected chi connectivity index (χ3v) is 4.15. The van der Waals surface area contributed by atoms with Crippen LogP contribution >= 0.6 is 0 Å². The van der Waals surface area contributed by atoms with Gasteiger partial charge in [-0.25, -0.2) is 4.79 Å². The Bertz CT molecular complexity index is 533. The molecule has 1 fully saturated rings. The van der Waals surface area contributed by atoms with Gasteiger partial charge in [0.05, 0.1) is 17.2 Å². The number of ether oxygens (including phenoxy) is 1. The fourth-order valence-corrected chi connectivity index (χ4v) is 2.55. The summed E-state index contributed by atoms with van der Waals surface area (Å²) >= 11 is 0. The van der Waals surface area contributed by atoms with Gasteiger partial charge in [-0.15, -0.1) is 6.58 Å². The molecule has 2 rings (SSSR count). The fraction of sp³-hybridized carbons (Fsp3) is 0.412. The molecule has 1 aliphatic carbocycles. The molecule has 3 atom stereocenters. The van der Waals surface area contributed by atoms with Crippen LogP contribution in [0.15, 0.2) is 48.6 Å². The van der Waals surface area contributed by atoms with E-state index < -0.39 is 0 Å². The molecule has 0 N–H and O–H groups in total. The van der Waals surface area contributed by atoms with Crippen molar-refractivity contribution in [3.63, 3.8) is 0 Å². The highest BCUT2D eigenvalue weighted by Gasteiger charge is 2.62. The standard InChI is InChI=1S/C17H21NO2/c1-5-11-18(4)17(3)15(12-19)16(17)20-13(2)14-9-7-6-8-10-14/h5-10,13,16H,1,11H2,2-4H3. The molecule has 0 aromatic heterocycles. The first-order chi connectivity index (χ1) is 9.55. The minimum absolute atomic E-state index is 0.0523. The summed E-state index contributed by atoms with van der Waals surface area (Å²) in [6, 6.07) is 10.0. The zero-order chi connectivity index (χ0) is 14.8. The summed E-state index contributed by atoms with van der Waals surface area (Å²) < 4.78 is 6.06. The number of carbonyl (C=O) groups excluding carboxylic acids is 1. The summed E-state index contributed by atoms with van der Waals surface area (Å²) in [6.45, 7) is 8.46. The molecule has 3 nitrogen and oxygen atoms in total. The van der Waals surface area contributed by atoms with Gasteiger partial charge in [0.2, 0.25) is 0 Å². The molecule has 0 bridgehead atoms. The molecule has 106 valence electrons.